The average Bonchev–Trinajstić information content (AvgIpc) is 3.24. The number of rotatable bonds is 8. The number of benzene rings is 2. The second kappa shape index (κ2) is 9.93. The standard InChI is InChI=1S/C22H21ClN2O5/c1-3-29-21(26)13-19(16-6-4-5-7-17(16)23)24-22(27)20-12-18(25-30-20)14-8-10-15(28-2)11-9-14/h4-12,19H,3,13H2,1-2H3,(H,24,27). The third-order valence-electron chi connectivity index (χ3n) is 4.38. The summed E-state index contributed by atoms with van der Waals surface area (Å²) >= 11 is 6.27. The molecule has 8 heteroatoms. The molecule has 3 rings (SSSR count). The van der Waals surface area contributed by atoms with Gasteiger partial charge in [-0.25, -0.2) is 0 Å². The van der Waals surface area contributed by atoms with Crippen molar-refractivity contribution in [1.29, 1.82) is 0 Å². The van der Waals surface area contributed by atoms with Crippen molar-refractivity contribution in [2.75, 3.05) is 13.7 Å². The smallest absolute Gasteiger partial charge is 0.308 e. The molecule has 30 heavy (non-hydrogen) atoms. The lowest BCUT2D eigenvalue weighted by Crippen LogP contribution is -2.30. The summed E-state index contributed by atoms with van der Waals surface area (Å²) in [7, 11) is 1.58. The highest BCUT2D eigenvalue weighted by Gasteiger charge is 2.24. The molecule has 0 spiro atoms. The average molecular weight is 429 g/mol. The van der Waals surface area contributed by atoms with Gasteiger partial charge in [-0.05, 0) is 42.8 Å². The third-order valence-corrected chi connectivity index (χ3v) is 4.73. The van der Waals surface area contributed by atoms with Crippen molar-refractivity contribution in [2.45, 2.75) is 19.4 Å². The molecule has 1 unspecified atom stereocenters. The van der Waals surface area contributed by atoms with E-state index in [9.17, 15) is 9.59 Å². The molecule has 0 aliphatic heterocycles. The number of amides is 1. The fourth-order valence-corrected chi connectivity index (χ4v) is 3.16. The maximum Gasteiger partial charge on any atom is 0.308 e. The largest absolute Gasteiger partial charge is 0.497 e. The van der Waals surface area contributed by atoms with Crippen molar-refractivity contribution < 1.29 is 23.6 Å². The van der Waals surface area contributed by atoms with Gasteiger partial charge in [-0.3, -0.25) is 9.59 Å². The summed E-state index contributed by atoms with van der Waals surface area (Å²) < 4.78 is 15.4. The van der Waals surface area contributed by atoms with E-state index in [1.54, 1.807) is 50.4 Å². The van der Waals surface area contributed by atoms with Crippen LogP contribution in [0.25, 0.3) is 11.3 Å². The Balaban J connectivity index is 1.79. The summed E-state index contributed by atoms with van der Waals surface area (Å²) in [6.45, 7) is 1.96. The lowest BCUT2D eigenvalue weighted by Gasteiger charge is -2.18. The van der Waals surface area contributed by atoms with E-state index in [4.69, 9.17) is 25.6 Å². The van der Waals surface area contributed by atoms with Gasteiger partial charge in [0.25, 0.3) is 5.91 Å². The predicted octanol–water partition coefficient (Wildman–Crippen LogP) is 4.43. The van der Waals surface area contributed by atoms with Crippen LogP contribution in [-0.2, 0) is 9.53 Å². The number of nitrogens with one attached hydrogen (secondary N) is 1. The van der Waals surface area contributed by atoms with Gasteiger partial charge in [0, 0.05) is 16.7 Å². The van der Waals surface area contributed by atoms with Crippen LogP contribution in [0.5, 0.6) is 5.75 Å². The van der Waals surface area contributed by atoms with E-state index in [2.05, 4.69) is 10.5 Å². The first-order valence-corrected chi connectivity index (χ1v) is 9.71. The SMILES string of the molecule is CCOC(=O)CC(NC(=O)c1cc(-c2ccc(OC)cc2)no1)c1ccccc1Cl. The molecule has 0 fully saturated rings. The molecule has 0 saturated heterocycles. The number of aromatic nitrogens is 1. The molecule has 1 amide bonds. The summed E-state index contributed by atoms with van der Waals surface area (Å²) in [5.74, 6) is -0.237. The number of carbonyl (C=O) groups excluding carboxylic acids is 2. The van der Waals surface area contributed by atoms with Crippen LogP contribution in [-0.4, -0.2) is 30.7 Å². The molecule has 156 valence electrons. The van der Waals surface area contributed by atoms with E-state index >= 15 is 0 Å². The second-order valence-corrected chi connectivity index (χ2v) is 6.77. The number of carbonyl (C=O) groups is 2. The van der Waals surface area contributed by atoms with Gasteiger partial charge in [-0.15, -0.1) is 0 Å². The predicted molar refractivity (Wildman–Crippen MR) is 111 cm³/mol. The number of hydrogen-bond acceptors (Lipinski definition) is 6. The molecule has 0 aliphatic carbocycles. The molecule has 0 aliphatic rings. The number of esters is 1. The Kier molecular flexibility index (Phi) is 7.08. The van der Waals surface area contributed by atoms with Crippen molar-refractivity contribution in [2.24, 2.45) is 0 Å². The van der Waals surface area contributed by atoms with E-state index in [1.807, 2.05) is 12.1 Å². The summed E-state index contributed by atoms with van der Waals surface area (Å²) in [5.41, 5.74) is 1.88. The summed E-state index contributed by atoms with van der Waals surface area (Å²) in [6.07, 6.45) is -0.0667. The quantitative estimate of drug-likeness (QED) is 0.534. The lowest BCUT2D eigenvalue weighted by molar-refractivity contribution is -0.143. The minimum Gasteiger partial charge on any atom is -0.497 e. The van der Waals surface area contributed by atoms with Gasteiger partial charge in [0.15, 0.2) is 0 Å². The van der Waals surface area contributed by atoms with Crippen molar-refractivity contribution >= 4 is 23.5 Å². The fraction of sp³-hybridized carbons (Fsp3) is 0.227. The topological polar surface area (TPSA) is 90.7 Å². The zero-order chi connectivity index (χ0) is 21.5. The van der Waals surface area contributed by atoms with Gasteiger partial charge in [0.1, 0.15) is 11.4 Å². The molecule has 2 aromatic carbocycles. The van der Waals surface area contributed by atoms with E-state index in [-0.39, 0.29) is 18.8 Å². The monoisotopic (exact) mass is 428 g/mol. The molecule has 1 atom stereocenters. The zero-order valence-corrected chi connectivity index (χ0v) is 17.3. The van der Waals surface area contributed by atoms with Gasteiger partial charge in [0.05, 0.1) is 26.2 Å². The van der Waals surface area contributed by atoms with Crippen molar-refractivity contribution in [1.82, 2.24) is 10.5 Å². The molecule has 0 bridgehead atoms. The highest BCUT2D eigenvalue weighted by molar-refractivity contribution is 6.31. The van der Waals surface area contributed by atoms with Gasteiger partial charge in [-0.2, -0.15) is 0 Å². The second-order valence-electron chi connectivity index (χ2n) is 6.36. The van der Waals surface area contributed by atoms with E-state index in [0.717, 1.165) is 5.56 Å². The number of halogens is 1. The first kappa shape index (κ1) is 21.4. The van der Waals surface area contributed by atoms with Crippen LogP contribution >= 0.6 is 11.6 Å². The Hall–Kier alpha value is -3.32. The molecule has 0 radical (unpaired) electrons. The first-order valence-electron chi connectivity index (χ1n) is 9.34. The van der Waals surface area contributed by atoms with Crippen LogP contribution in [0.2, 0.25) is 5.02 Å². The highest BCUT2D eigenvalue weighted by Crippen LogP contribution is 2.27. The molecule has 7 nitrogen and oxygen atoms in total. The highest BCUT2D eigenvalue weighted by atomic mass is 35.5. The minimum absolute atomic E-state index is 0.0155. The van der Waals surface area contributed by atoms with Crippen molar-refractivity contribution in [3.8, 4) is 17.0 Å². The maximum atomic E-state index is 12.8. The summed E-state index contributed by atoms with van der Waals surface area (Å²) in [4.78, 5) is 24.8. The van der Waals surface area contributed by atoms with Gasteiger partial charge in [-0.1, -0.05) is 35.0 Å². The van der Waals surface area contributed by atoms with E-state index in [0.29, 0.717) is 22.0 Å². The van der Waals surface area contributed by atoms with Crippen LogP contribution in [0.4, 0.5) is 0 Å². The van der Waals surface area contributed by atoms with Crippen LogP contribution in [0.1, 0.15) is 35.5 Å². The van der Waals surface area contributed by atoms with Crippen molar-refractivity contribution in [3.05, 3.63) is 70.9 Å². The summed E-state index contributed by atoms with van der Waals surface area (Å²) in [5, 5.41) is 7.18. The van der Waals surface area contributed by atoms with Crippen LogP contribution in [0.15, 0.2) is 59.1 Å². The Labute approximate surface area is 178 Å². The molecular weight excluding hydrogens is 408 g/mol. The molecule has 0 saturated carbocycles. The molecule has 3 aromatic rings. The van der Waals surface area contributed by atoms with Crippen LogP contribution in [0, 0.1) is 0 Å². The van der Waals surface area contributed by atoms with E-state index < -0.39 is 17.9 Å². The Morgan fingerprint density at radius 2 is 1.90 bits per heavy atom. The molecule has 1 aromatic heterocycles. The first-order chi connectivity index (χ1) is 14.5. The van der Waals surface area contributed by atoms with Crippen molar-refractivity contribution in [3.63, 3.8) is 0 Å². The minimum atomic E-state index is -0.681. The van der Waals surface area contributed by atoms with Gasteiger partial charge in [0.2, 0.25) is 5.76 Å². The molecule has 1 heterocycles. The third kappa shape index (κ3) is 5.18. The van der Waals surface area contributed by atoms with Gasteiger partial charge < -0.3 is 19.3 Å². The van der Waals surface area contributed by atoms with E-state index in [1.165, 1.54) is 6.07 Å². The fourth-order valence-electron chi connectivity index (χ4n) is 2.89. The molecular formula is C22H21ClN2O5. The number of nitrogens with zero attached hydrogens (tertiary/aromatic N) is 1. The van der Waals surface area contributed by atoms with Crippen LogP contribution in [0.3, 0.4) is 0 Å². The zero-order valence-electron chi connectivity index (χ0n) is 16.6. The lowest BCUT2D eigenvalue weighted by atomic mass is 10.0. The number of hydrogen-bond donors (Lipinski definition) is 1. The maximum absolute atomic E-state index is 12.8. The van der Waals surface area contributed by atoms with Crippen LogP contribution < -0.4 is 10.1 Å². The summed E-state index contributed by atoms with van der Waals surface area (Å²) in [6, 6.07) is 15.0. The Morgan fingerprint density at radius 3 is 2.57 bits per heavy atom. The van der Waals surface area contributed by atoms with Gasteiger partial charge >= 0.3 is 5.97 Å². The Morgan fingerprint density at radius 1 is 1.17 bits per heavy atom. The number of ether oxygens (including phenoxy) is 2. The Bertz CT molecular complexity index is 1020. The normalized spacial score (nSPS) is 11.6. The number of methoxy groups -OCH3 is 1. The molecule has 1 N–H and O–H groups in total.